The predicted molar refractivity (Wildman–Crippen MR) is 78.2 cm³/mol. The van der Waals surface area contributed by atoms with Crippen LogP contribution in [-0.4, -0.2) is 30.1 Å². The van der Waals surface area contributed by atoms with Gasteiger partial charge in [-0.3, -0.25) is 9.59 Å². The van der Waals surface area contributed by atoms with E-state index in [4.69, 9.17) is 5.11 Å². The van der Waals surface area contributed by atoms with Gasteiger partial charge in [-0.2, -0.15) is 0 Å². The first-order chi connectivity index (χ1) is 9.20. The Balaban J connectivity index is 2.42. The van der Waals surface area contributed by atoms with Crippen molar-refractivity contribution in [1.29, 1.82) is 0 Å². The van der Waals surface area contributed by atoms with E-state index in [-0.39, 0.29) is 17.7 Å². The quantitative estimate of drug-likeness (QED) is 0.869. The highest BCUT2D eigenvalue weighted by atomic mass is 16.4. The van der Waals surface area contributed by atoms with Crippen molar-refractivity contribution < 1.29 is 14.7 Å². The number of benzene rings is 1. The van der Waals surface area contributed by atoms with Crippen LogP contribution < -0.4 is 10.2 Å². The monoisotopic (exact) mass is 276 g/mol. The summed E-state index contributed by atoms with van der Waals surface area (Å²) in [5.41, 5.74) is 2.74. The highest BCUT2D eigenvalue weighted by molar-refractivity contribution is 6.05. The molecule has 1 unspecified atom stereocenters. The van der Waals surface area contributed by atoms with Crippen LogP contribution in [0.1, 0.15) is 32.8 Å². The molecule has 0 aliphatic carbocycles. The van der Waals surface area contributed by atoms with Crippen molar-refractivity contribution in [3.8, 4) is 0 Å². The SMILES string of the molecule is CN1c2cc(C(C)(C)C)ccc2NC(=O)C1CC(=O)O. The van der Waals surface area contributed by atoms with E-state index < -0.39 is 12.0 Å². The Kier molecular flexibility index (Phi) is 3.46. The number of nitrogens with zero attached hydrogens (tertiary/aromatic N) is 1. The number of carboxylic acid groups (broad SMARTS) is 1. The fourth-order valence-electron chi connectivity index (χ4n) is 2.35. The average molecular weight is 276 g/mol. The molecule has 0 spiro atoms. The summed E-state index contributed by atoms with van der Waals surface area (Å²) in [5, 5.41) is 11.7. The average Bonchev–Trinajstić information content (AvgIpc) is 2.32. The fourth-order valence-corrected chi connectivity index (χ4v) is 2.35. The Labute approximate surface area is 118 Å². The minimum Gasteiger partial charge on any atom is -0.481 e. The molecule has 1 heterocycles. The van der Waals surface area contributed by atoms with Crippen LogP contribution in [0.5, 0.6) is 0 Å². The molecule has 0 fully saturated rings. The van der Waals surface area contributed by atoms with Gasteiger partial charge in [-0.1, -0.05) is 26.8 Å². The molecule has 1 aromatic rings. The lowest BCUT2D eigenvalue weighted by Gasteiger charge is -2.35. The van der Waals surface area contributed by atoms with E-state index in [1.54, 1.807) is 11.9 Å². The molecule has 2 N–H and O–H groups in total. The molecule has 1 aromatic carbocycles. The highest BCUT2D eigenvalue weighted by Gasteiger charge is 2.32. The van der Waals surface area contributed by atoms with Crippen LogP contribution in [0.15, 0.2) is 18.2 Å². The van der Waals surface area contributed by atoms with Crippen molar-refractivity contribution in [2.45, 2.75) is 38.6 Å². The molecule has 20 heavy (non-hydrogen) atoms. The number of carbonyl (C=O) groups excluding carboxylic acids is 1. The normalized spacial score (nSPS) is 18.5. The third kappa shape index (κ3) is 2.61. The molecule has 1 amide bonds. The predicted octanol–water partition coefficient (Wildman–Crippen LogP) is 2.22. The largest absolute Gasteiger partial charge is 0.481 e. The summed E-state index contributed by atoms with van der Waals surface area (Å²) >= 11 is 0. The Hall–Kier alpha value is -2.04. The minimum atomic E-state index is -0.979. The zero-order valence-corrected chi connectivity index (χ0v) is 12.2. The topological polar surface area (TPSA) is 69.6 Å². The van der Waals surface area contributed by atoms with Gasteiger partial charge in [0.05, 0.1) is 17.8 Å². The number of hydrogen-bond donors (Lipinski definition) is 2. The second-order valence-electron chi connectivity index (χ2n) is 6.20. The summed E-state index contributed by atoms with van der Waals surface area (Å²) in [4.78, 5) is 24.6. The lowest BCUT2D eigenvalue weighted by Crippen LogP contribution is -2.47. The van der Waals surface area contributed by atoms with E-state index >= 15 is 0 Å². The van der Waals surface area contributed by atoms with E-state index in [9.17, 15) is 9.59 Å². The molecular weight excluding hydrogens is 256 g/mol. The first-order valence-corrected chi connectivity index (χ1v) is 6.60. The van der Waals surface area contributed by atoms with Gasteiger partial charge < -0.3 is 15.3 Å². The molecule has 2 rings (SSSR count). The Morgan fingerprint density at radius 1 is 1.40 bits per heavy atom. The fraction of sp³-hybridized carbons (Fsp3) is 0.467. The van der Waals surface area contributed by atoms with Gasteiger partial charge in [0, 0.05) is 7.05 Å². The van der Waals surface area contributed by atoms with Crippen LogP contribution in [0.2, 0.25) is 0 Å². The number of amides is 1. The number of carbonyl (C=O) groups is 2. The van der Waals surface area contributed by atoms with Gasteiger partial charge in [-0.05, 0) is 23.1 Å². The Bertz CT molecular complexity index is 561. The van der Waals surface area contributed by atoms with Crippen LogP contribution in [-0.2, 0) is 15.0 Å². The van der Waals surface area contributed by atoms with Gasteiger partial charge in [-0.25, -0.2) is 0 Å². The minimum absolute atomic E-state index is 0.000376. The number of anilines is 2. The Morgan fingerprint density at radius 2 is 2.05 bits per heavy atom. The van der Waals surface area contributed by atoms with Crippen molar-refractivity contribution in [2.24, 2.45) is 0 Å². The van der Waals surface area contributed by atoms with Gasteiger partial charge in [0.25, 0.3) is 0 Å². The van der Waals surface area contributed by atoms with Gasteiger partial charge >= 0.3 is 5.97 Å². The molecule has 108 valence electrons. The number of carboxylic acids is 1. The summed E-state index contributed by atoms with van der Waals surface area (Å²) in [6.45, 7) is 6.35. The number of likely N-dealkylation sites (N-methyl/N-ethyl adjacent to an activating group) is 1. The van der Waals surface area contributed by atoms with Gasteiger partial charge in [0.2, 0.25) is 5.91 Å². The molecule has 1 aliphatic heterocycles. The molecule has 0 bridgehead atoms. The number of hydrogen-bond acceptors (Lipinski definition) is 3. The lowest BCUT2D eigenvalue weighted by molar-refractivity contribution is -0.138. The number of rotatable bonds is 2. The molecule has 0 aromatic heterocycles. The van der Waals surface area contributed by atoms with Crippen LogP contribution in [0.3, 0.4) is 0 Å². The second kappa shape index (κ2) is 4.81. The summed E-state index contributed by atoms with van der Waals surface area (Å²) in [5.74, 6) is -1.25. The van der Waals surface area contributed by atoms with Crippen molar-refractivity contribution in [1.82, 2.24) is 0 Å². The van der Waals surface area contributed by atoms with Gasteiger partial charge in [0.1, 0.15) is 6.04 Å². The molecule has 0 saturated carbocycles. The maximum absolute atomic E-state index is 12.0. The molecule has 5 nitrogen and oxygen atoms in total. The van der Waals surface area contributed by atoms with E-state index in [2.05, 4.69) is 26.1 Å². The zero-order chi connectivity index (χ0) is 15.1. The third-order valence-electron chi connectivity index (χ3n) is 3.64. The smallest absolute Gasteiger partial charge is 0.305 e. The molecule has 1 atom stereocenters. The Morgan fingerprint density at radius 3 is 2.60 bits per heavy atom. The first kappa shape index (κ1) is 14.4. The second-order valence-corrected chi connectivity index (χ2v) is 6.20. The van der Waals surface area contributed by atoms with Crippen molar-refractivity contribution in [2.75, 3.05) is 17.3 Å². The first-order valence-electron chi connectivity index (χ1n) is 6.60. The molecule has 0 radical (unpaired) electrons. The number of aliphatic carboxylic acids is 1. The van der Waals surface area contributed by atoms with E-state index in [0.717, 1.165) is 16.9 Å². The van der Waals surface area contributed by atoms with Crippen LogP contribution >= 0.6 is 0 Å². The number of nitrogens with one attached hydrogen (secondary N) is 1. The molecular formula is C15H20N2O3. The van der Waals surface area contributed by atoms with E-state index in [1.165, 1.54) is 0 Å². The van der Waals surface area contributed by atoms with E-state index in [1.807, 2.05) is 18.2 Å². The third-order valence-corrected chi connectivity index (χ3v) is 3.64. The summed E-state index contributed by atoms with van der Waals surface area (Å²) in [7, 11) is 1.76. The van der Waals surface area contributed by atoms with Gasteiger partial charge in [-0.15, -0.1) is 0 Å². The maximum Gasteiger partial charge on any atom is 0.305 e. The van der Waals surface area contributed by atoms with E-state index in [0.29, 0.717) is 0 Å². The van der Waals surface area contributed by atoms with Gasteiger partial charge in [0.15, 0.2) is 0 Å². The van der Waals surface area contributed by atoms with Crippen LogP contribution in [0.25, 0.3) is 0 Å². The standard InChI is InChI=1S/C15H20N2O3/c1-15(2,3)9-5-6-10-11(7-9)17(4)12(8-13(18)19)14(20)16-10/h5-7,12H,8H2,1-4H3,(H,16,20)(H,18,19). The van der Waals surface area contributed by atoms with Crippen molar-refractivity contribution >= 4 is 23.3 Å². The lowest BCUT2D eigenvalue weighted by atomic mass is 9.86. The summed E-state index contributed by atoms with van der Waals surface area (Å²) in [6.07, 6.45) is -0.207. The highest BCUT2D eigenvalue weighted by Crippen LogP contribution is 2.35. The molecule has 0 saturated heterocycles. The van der Waals surface area contributed by atoms with Crippen LogP contribution in [0.4, 0.5) is 11.4 Å². The molecule has 1 aliphatic rings. The molecule has 5 heteroatoms. The van der Waals surface area contributed by atoms with Crippen molar-refractivity contribution in [3.05, 3.63) is 23.8 Å². The summed E-state index contributed by atoms with van der Waals surface area (Å²) < 4.78 is 0. The summed E-state index contributed by atoms with van der Waals surface area (Å²) in [6, 6.07) is 5.21. The van der Waals surface area contributed by atoms with Crippen molar-refractivity contribution in [3.63, 3.8) is 0 Å². The van der Waals surface area contributed by atoms with Crippen LogP contribution in [0, 0.1) is 0 Å². The number of fused-ring (bicyclic) bond motifs is 1. The maximum atomic E-state index is 12.0. The zero-order valence-electron chi connectivity index (χ0n) is 12.2.